The Balaban J connectivity index is 1.13. The van der Waals surface area contributed by atoms with Gasteiger partial charge in [0.1, 0.15) is 11.2 Å². The molecule has 0 aliphatic rings. The standard InChI is InChI=1S/C46H28O/c1-2-12-33-27-44-42(26-32(33)11-1)36-25-24-34(28-43(36)47-44)29-20-22-31(23-21-29)45-38-15-5-7-17-40(38)46(41-18-8-6-16-39(41)45)37-19-9-13-30-10-3-4-14-35(30)37/h1-28H. The van der Waals surface area contributed by atoms with Gasteiger partial charge in [-0.15, -0.1) is 0 Å². The van der Waals surface area contributed by atoms with Crippen LogP contribution in [-0.4, -0.2) is 0 Å². The lowest BCUT2D eigenvalue weighted by molar-refractivity contribution is 0.669. The lowest BCUT2D eigenvalue weighted by atomic mass is 9.84. The molecule has 9 aromatic carbocycles. The largest absolute Gasteiger partial charge is 0.456 e. The van der Waals surface area contributed by atoms with Gasteiger partial charge in [0.05, 0.1) is 0 Å². The van der Waals surface area contributed by atoms with Crippen LogP contribution in [0.2, 0.25) is 0 Å². The van der Waals surface area contributed by atoms with E-state index in [0.29, 0.717) is 0 Å². The molecule has 1 aromatic heterocycles. The van der Waals surface area contributed by atoms with E-state index in [4.69, 9.17) is 4.42 Å². The highest BCUT2D eigenvalue weighted by Gasteiger charge is 2.18. The first-order chi connectivity index (χ1) is 23.3. The number of hydrogen-bond donors (Lipinski definition) is 0. The Morgan fingerprint density at radius 2 is 0.787 bits per heavy atom. The quantitative estimate of drug-likeness (QED) is 0.185. The summed E-state index contributed by atoms with van der Waals surface area (Å²) in [5.41, 5.74) is 9.20. The lowest BCUT2D eigenvalue weighted by Crippen LogP contribution is -1.91. The minimum absolute atomic E-state index is 0.915. The molecule has 0 unspecified atom stereocenters. The van der Waals surface area contributed by atoms with Crippen LogP contribution >= 0.6 is 0 Å². The first-order valence-electron chi connectivity index (χ1n) is 16.2. The molecule has 0 aliphatic carbocycles. The van der Waals surface area contributed by atoms with Crippen LogP contribution in [0.15, 0.2) is 174 Å². The van der Waals surface area contributed by atoms with Crippen molar-refractivity contribution >= 4 is 65.0 Å². The second-order valence-electron chi connectivity index (χ2n) is 12.5. The molecule has 1 nitrogen and oxygen atoms in total. The molecule has 0 amide bonds. The van der Waals surface area contributed by atoms with Crippen molar-refractivity contribution in [1.29, 1.82) is 0 Å². The zero-order valence-electron chi connectivity index (χ0n) is 25.6. The average Bonchev–Trinajstić information content (AvgIpc) is 3.49. The van der Waals surface area contributed by atoms with E-state index in [1.54, 1.807) is 0 Å². The van der Waals surface area contributed by atoms with Gasteiger partial charge in [-0.3, -0.25) is 0 Å². The molecular formula is C46H28O. The molecule has 0 saturated carbocycles. The molecule has 0 saturated heterocycles. The Bertz CT molecular complexity index is 2770. The minimum Gasteiger partial charge on any atom is -0.456 e. The summed E-state index contributed by atoms with van der Waals surface area (Å²) in [7, 11) is 0. The van der Waals surface area contributed by atoms with Crippen molar-refractivity contribution in [3.8, 4) is 33.4 Å². The van der Waals surface area contributed by atoms with Crippen molar-refractivity contribution in [2.24, 2.45) is 0 Å². The van der Waals surface area contributed by atoms with Crippen LogP contribution < -0.4 is 0 Å². The molecule has 10 aromatic rings. The Morgan fingerprint density at radius 3 is 1.49 bits per heavy atom. The smallest absolute Gasteiger partial charge is 0.136 e. The summed E-state index contributed by atoms with van der Waals surface area (Å²) >= 11 is 0. The SMILES string of the molecule is c1ccc2cc3c(cc2c1)oc1cc(-c2ccc(-c4c5ccccc5c(-c5cccc6ccccc56)c5ccccc45)cc2)ccc13. The first kappa shape index (κ1) is 26.1. The fourth-order valence-corrected chi connectivity index (χ4v) is 7.64. The molecule has 0 bridgehead atoms. The predicted octanol–water partition coefficient (Wildman–Crippen LogP) is 13.2. The van der Waals surface area contributed by atoms with E-state index in [1.807, 2.05) is 0 Å². The second-order valence-corrected chi connectivity index (χ2v) is 12.5. The fraction of sp³-hybridized carbons (Fsp3) is 0. The van der Waals surface area contributed by atoms with E-state index >= 15 is 0 Å². The molecule has 1 heteroatoms. The topological polar surface area (TPSA) is 13.1 Å². The van der Waals surface area contributed by atoms with Gasteiger partial charge >= 0.3 is 0 Å². The van der Waals surface area contributed by atoms with E-state index in [9.17, 15) is 0 Å². The summed E-state index contributed by atoms with van der Waals surface area (Å²) in [4.78, 5) is 0. The zero-order chi connectivity index (χ0) is 30.9. The highest BCUT2D eigenvalue weighted by molar-refractivity contribution is 6.23. The summed E-state index contributed by atoms with van der Waals surface area (Å²) in [5, 5.41) is 12.3. The molecule has 0 aliphatic heterocycles. The Kier molecular flexibility index (Phi) is 5.64. The van der Waals surface area contributed by atoms with Gasteiger partial charge in [-0.2, -0.15) is 0 Å². The maximum absolute atomic E-state index is 6.39. The number of fused-ring (bicyclic) bond motifs is 7. The maximum Gasteiger partial charge on any atom is 0.136 e. The number of rotatable bonds is 3. The molecule has 10 rings (SSSR count). The van der Waals surface area contributed by atoms with Gasteiger partial charge in [0.2, 0.25) is 0 Å². The van der Waals surface area contributed by atoms with Crippen molar-refractivity contribution in [1.82, 2.24) is 0 Å². The third-order valence-corrected chi connectivity index (χ3v) is 9.84. The molecule has 218 valence electrons. The number of hydrogen-bond acceptors (Lipinski definition) is 1. The van der Waals surface area contributed by atoms with Gasteiger partial charge in [-0.1, -0.05) is 146 Å². The van der Waals surface area contributed by atoms with Crippen LogP contribution in [-0.2, 0) is 0 Å². The van der Waals surface area contributed by atoms with E-state index in [-0.39, 0.29) is 0 Å². The van der Waals surface area contributed by atoms with Crippen LogP contribution in [0.5, 0.6) is 0 Å². The maximum atomic E-state index is 6.39. The molecule has 0 atom stereocenters. The van der Waals surface area contributed by atoms with Crippen molar-refractivity contribution in [2.75, 3.05) is 0 Å². The van der Waals surface area contributed by atoms with Crippen LogP contribution in [0.4, 0.5) is 0 Å². The third kappa shape index (κ3) is 4.03. The molecule has 0 fully saturated rings. The summed E-state index contributed by atoms with van der Waals surface area (Å²) in [6.07, 6.45) is 0. The highest BCUT2D eigenvalue weighted by atomic mass is 16.3. The summed E-state index contributed by atoms with van der Waals surface area (Å²) in [5.74, 6) is 0. The normalized spacial score (nSPS) is 11.8. The zero-order valence-corrected chi connectivity index (χ0v) is 25.6. The van der Waals surface area contributed by atoms with E-state index < -0.39 is 0 Å². The fourth-order valence-electron chi connectivity index (χ4n) is 7.64. The molecule has 0 radical (unpaired) electrons. The second kappa shape index (κ2) is 10.2. The lowest BCUT2D eigenvalue weighted by Gasteiger charge is -2.19. The van der Waals surface area contributed by atoms with Gasteiger partial charge in [-0.05, 0) is 101 Å². The summed E-state index contributed by atoms with van der Waals surface area (Å²) in [6.45, 7) is 0. The summed E-state index contributed by atoms with van der Waals surface area (Å²) < 4.78 is 6.39. The molecular weight excluding hydrogens is 569 g/mol. The number of benzene rings is 9. The highest BCUT2D eigenvalue weighted by Crippen LogP contribution is 2.45. The van der Waals surface area contributed by atoms with Crippen LogP contribution in [0, 0.1) is 0 Å². The molecule has 47 heavy (non-hydrogen) atoms. The van der Waals surface area contributed by atoms with Crippen LogP contribution in [0.1, 0.15) is 0 Å². The number of furan rings is 1. The summed E-state index contributed by atoms with van der Waals surface area (Å²) in [6, 6.07) is 61.6. The predicted molar refractivity (Wildman–Crippen MR) is 200 cm³/mol. The Morgan fingerprint density at radius 1 is 0.277 bits per heavy atom. The van der Waals surface area contributed by atoms with Crippen molar-refractivity contribution in [3.05, 3.63) is 170 Å². The van der Waals surface area contributed by atoms with Gasteiger partial charge in [-0.25, -0.2) is 0 Å². The van der Waals surface area contributed by atoms with Crippen molar-refractivity contribution in [2.45, 2.75) is 0 Å². The Hall–Kier alpha value is -6.18. The monoisotopic (exact) mass is 596 g/mol. The first-order valence-corrected chi connectivity index (χ1v) is 16.2. The van der Waals surface area contributed by atoms with Gasteiger partial charge < -0.3 is 4.42 Å². The van der Waals surface area contributed by atoms with Gasteiger partial charge in [0, 0.05) is 10.8 Å². The third-order valence-electron chi connectivity index (χ3n) is 9.84. The van der Waals surface area contributed by atoms with Gasteiger partial charge in [0.25, 0.3) is 0 Å². The minimum atomic E-state index is 0.915. The van der Waals surface area contributed by atoms with Crippen molar-refractivity contribution < 1.29 is 4.42 Å². The van der Waals surface area contributed by atoms with E-state index in [1.165, 1.54) is 70.9 Å². The Labute approximate surface area is 271 Å². The van der Waals surface area contributed by atoms with Crippen LogP contribution in [0.3, 0.4) is 0 Å². The average molecular weight is 597 g/mol. The van der Waals surface area contributed by atoms with Crippen LogP contribution in [0.25, 0.3) is 98.4 Å². The van der Waals surface area contributed by atoms with Crippen molar-refractivity contribution in [3.63, 3.8) is 0 Å². The molecule has 1 heterocycles. The van der Waals surface area contributed by atoms with Gasteiger partial charge in [0.15, 0.2) is 0 Å². The molecule has 0 N–H and O–H groups in total. The molecule has 0 spiro atoms. The van der Waals surface area contributed by atoms with E-state index in [0.717, 1.165) is 27.5 Å². The van der Waals surface area contributed by atoms with E-state index in [2.05, 4.69) is 170 Å².